The predicted octanol–water partition coefficient (Wildman–Crippen LogP) is 4.34. The van der Waals surface area contributed by atoms with Gasteiger partial charge in [-0.3, -0.25) is 9.59 Å². The topological polar surface area (TPSA) is 58.2 Å². The minimum absolute atomic E-state index is 0.218. The smallest absolute Gasteiger partial charge is 0.244 e. The van der Waals surface area contributed by atoms with Gasteiger partial charge in [-0.05, 0) is 54.5 Å². The van der Waals surface area contributed by atoms with Crippen LogP contribution in [-0.4, -0.2) is 24.4 Å². The van der Waals surface area contributed by atoms with Gasteiger partial charge in [0, 0.05) is 34.8 Å². The van der Waals surface area contributed by atoms with Gasteiger partial charge in [-0.25, -0.2) is 0 Å². The molecule has 0 radical (unpaired) electrons. The number of amides is 2. The van der Waals surface area contributed by atoms with Gasteiger partial charge in [-0.1, -0.05) is 47.5 Å². The Morgan fingerprint density at radius 3 is 1.96 bits per heavy atom. The molecule has 2 aromatic rings. The Kier molecular flexibility index (Phi) is 8.11. The molecule has 0 spiro atoms. The first-order chi connectivity index (χ1) is 12.9. The molecule has 0 unspecified atom stereocenters. The zero-order chi connectivity index (χ0) is 19.6. The zero-order valence-corrected chi connectivity index (χ0v) is 16.3. The molecule has 0 aliphatic rings. The summed E-state index contributed by atoms with van der Waals surface area (Å²) < 4.78 is 0. The summed E-state index contributed by atoms with van der Waals surface area (Å²) in [6, 6.07) is 14.2. The highest BCUT2D eigenvalue weighted by Crippen LogP contribution is 2.12. The maximum atomic E-state index is 11.9. The van der Waals surface area contributed by atoms with Crippen LogP contribution in [-0.2, 0) is 9.59 Å². The molecule has 4 nitrogen and oxygen atoms in total. The minimum atomic E-state index is -0.245. The van der Waals surface area contributed by atoms with Crippen molar-refractivity contribution in [1.82, 2.24) is 10.6 Å². The first-order valence-corrected chi connectivity index (χ1v) is 9.13. The SMILES string of the molecule is C[C@H](CNC(=O)/C=C/c1cccc(Cl)c1)NC(=O)/C=C/c1cccc(Cl)c1. The Hall–Kier alpha value is -2.56. The van der Waals surface area contributed by atoms with Gasteiger partial charge in [0.15, 0.2) is 0 Å². The quantitative estimate of drug-likeness (QED) is 0.676. The summed E-state index contributed by atoms with van der Waals surface area (Å²) in [5.74, 6) is -0.489. The van der Waals surface area contributed by atoms with Crippen LogP contribution in [0.5, 0.6) is 0 Å². The molecule has 1 atom stereocenters. The van der Waals surface area contributed by atoms with Crippen molar-refractivity contribution in [2.75, 3.05) is 6.54 Å². The summed E-state index contributed by atoms with van der Waals surface area (Å²) >= 11 is 11.8. The van der Waals surface area contributed by atoms with Gasteiger partial charge in [0.1, 0.15) is 0 Å². The molecule has 0 saturated heterocycles. The van der Waals surface area contributed by atoms with E-state index in [1.807, 2.05) is 31.2 Å². The zero-order valence-electron chi connectivity index (χ0n) is 14.8. The molecule has 2 N–H and O–H groups in total. The van der Waals surface area contributed by atoms with Gasteiger partial charge < -0.3 is 10.6 Å². The summed E-state index contributed by atoms with van der Waals surface area (Å²) in [7, 11) is 0. The molecule has 140 valence electrons. The van der Waals surface area contributed by atoms with Crippen LogP contribution >= 0.6 is 23.2 Å². The lowest BCUT2D eigenvalue weighted by Crippen LogP contribution is -2.40. The fourth-order valence-electron chi connectivity index (χ4n) is 2.22. The lowest BCUT2D eigenvalue weighted by Gasteiger charge is -2.12. The van der Waals surface area contributed by atoms with Crippen LogP contribution in [0.25, 0.3) is 12.2 Å². The maximum absolute atomic E-state index is 11.9. The van der Waals surface area contributed by atoms with E-state index in [2.05, 4.69) is 10.6 Å². The van der Waals surface area contributed by atoms with Crippen LogP contribution < -0.4 is 10.6 Å². The summed E-state index contributed by atoms with van der Waals surface area (Å²) in [6.45, 7) is 2.13. The van der Waals surface area contributed by atoms with Crippen molar-refractivity contribution in [3.05, 3.63) is 81.9 Å². The number of nitrogens with one attached hydrogen (secondary N) is 2. The molecular formula is C21H20Cl2N2O2. The van der Waals surface area contributed by atoms with Crippen LogP contribution in [0.15, 0.2) is 60.7 Å². The molecule has 0 heterocycles. The molecule has 0 aromatic heterocycles. The molecule has 0 fully saturated rings. The Morgan fingerprint density at radius 2 is 1.44 bits per heavy atom. The molecule has 0 bridgehead atoms. The summed E-state index contributed by atoms with van der Waals surface area (Å²) in [4.78, 5) is 23.8. The monoisotopic (exact) mass is 402 g/mol. The number of halogens is 2. The Morgan fingerprint density at radius 1 is 0.926 bits per heavy atom. The van der Waals surface area contributed by atoms with Gasteiger partial charge in [0.2, 0.25) is 11.8 Å². The molecule has 6 heteroatoms. The van der Waals surface area contributed by atoms with Crippen LogP contribution in [0, 0.1) is 0 Å². The maximum Gasteiger partial charge on any atom is 0.244 e. The number of rotatable bonds is 7. The molecule has 2 aromatic carbocycles. The lowest BCUT2D eigenvalue weighted by atomic mass is 10.2. The Bertz CT molecular complexity index is 863. The highest BCUT2D eigenvalue weighted by Gasteiger charge is 2.06. The highest BCUT2D eigenvalue weighted by molar-refractivity contribution is 6.31. The first kappa shape index (κ1) is 20.7. The van der Waals surface area contributed by atoms with Crippen molar-refractivity contribution in [3.63, 3.8) is 0 Å². The second-order valence-electron chi connectivity index (χ2n) is 5.93. The number of hydrogen-bond acceptors (Lipinski definition) is 2. The van der Waals surface area contributed by atoms with E-state index in [1.54, 1.807) is 36.4 Å². The average Bonchev–Trinajstić information content (AvgIpc) is 2.63. The second kappa shape index (κ2) is 10.6. The third kappa shape index (κ3) is 8.11. The van der Waals surface area contributed by atoms with Crippen LogP contribution in [0.2, 0.25) is 10.0 Å². The van der Waals surface area contributed by atoms with E-state index in [0.29, 0.717) is 16.6 Å². The molecule has 27 heavy (non-hydrogen) atoms. The largest absolute Gasteiger partial charge is 0.351 e. The van der Waals surface area contributed by atoms with Crippen molar-refractivity contribution in [2.45, 2.75) is 13.0 Å². The van der Waals surface area contributed by atoms with Gasteiger partial charge in [0.25, 0.3) is 0 Å². The first-order valence-electron chi connectivity index (χ1n) is 8.38. The fourth-order valence-corrected chi connectivity index (χ4v) is 2.62. The van der Waals surface area contributed by atoms with Crippen molar-refractivity contribution in [2.24, 2.45) is 0 Å². The van der Waals surface area contributed by atoms with E-state index in [0.717, 1.165) is 11.1 Å². The summed E-state index contributed by atoms with van der Waals surface area (Å²) in [6.07, 6.45) is 6.22. The van der Waals surface area contributed by atoms with E-state index < -0.39 is 0 Å². The fraction of sp³-hybridized carbons (Fsp3) is 0.143. The van der Waals surface area contributed by atoms with Crippen LogP contribution in [0.4, 0.5) is 0 Å². The standard InChI is InChI=1S/C21H20Cl2N2O2/c1-15(25-21(27)11-9-17-5-3-7-19(23)13-17)14-24-20(26)10-8-16-4-2-6-18(22)12-16/h2-13,15H,14H2,1H3,(H,24,26)(H,25,27)/b10-8+,11-9+/t15-/m1/s1. The van der Waals surface area contributed by atoms with E-state index in [1.165, 1.54) is 12.2 Å². The number of benzene rings is 2. The molecule has 0 aliphatic heterocycles. The van der Waals surface area contributed by atoms with Crippen molar-refractivity contribution >= 4 is 47.2 Å². The number of carbonyl (C=O) groups is 2. The van der Waals surface area contributed by atoms with E-state index in [4.69, 9.17) is 23.2 Å². The normalized spacial score (nSPS) is 12.3. The van der Waals surface area contributed by atoms with Crippen LogP contribution in [0.3, 0.4) is 0 Å². The summed E-state index contributed by atoms with van der Waals surface area (Å²) in [5, 5.41) is 6.75. The minimum Gasteiger partial charge on any atom is -0.351 e. The van der Waals surface area contributed by atoms with Gasteiger partial charge in [0.05, 0.1) is 0 Å². The third-order valence-corrected chi connectivity index (χ3v) is 3.99. The number of carbonyl (C=O) groups excluding carboxylic acids is 2. The molecule has 2 amide bonds. The van der Waals surface area contributed by atoms with E-state index in [-0.39, 0.29) is 17.9 Å². The Balaban J connectivity index is 1.75. The Labute approximate surface area is 168 Å². The second-order valence-corrected chi connectivity index (χ2v) is 6.80. The van der Waals surface area contributed by atoms with Crippen molar-refractivity contribution in [1.29, 1.82) is 0 Å². The predicted molar refractivity (Wildman–Crippen MR) is 112 cm³/mol. The molecule has 2 rings (SSSR count). The van der Waals surface area contributed by atoms with Gasteiger partial charge in [-0.15, -0.1) is 0 Å². The molecule has 0 saturated carbocycles. The molecular weight excluding hydrogens is 383 g/mol. The third-order valence-electron chi connectivity index (χ3n) is 3.52. The average molecular weight is 403 g/mol. The van der Waals surface area contributed by atoms with Crippen molar-refractivity contribution < 1.29 is 9.59 Å². The van der Waals surface area contributed by atoms with E-state index >= 15 is 0 Å². The highest BCUT2D eigenvalue weighted by atomic mass is 35.5. The van der Waals surface area contributed by atoms with E-state index in [9.17, 15) is 9.59 Å². The lowest BCUT2D eigenvalue weighted by molar-refractivity contribution is -0.118. The van der Waals surface area contributed by atoms with Gasteiger partial charge in [-0.2, -0.15) is 0 Å². The number of hydrogen-bond donors (Lipinski definition) is 2. The summed E-state index contributed by atoms with van der Waals surface area (Å²) in [5.41, 5.74) is 1.68. The van der Waals surface area contributed by atoms with Crippen molar-refractivity contribution in [3.8, 4) is 0 Å². The molecule has 0 aliphatic carbocycles. The van der Waals surface area contributed by atoms with Crippen LogP contribution in [0.1, 0.15) is 18.1 Å². The van der Waals surface area contributed by atoms with Gasteiger partial charge >= 0.3 is 0 Å².